The topological polar surface area (TPSA) is 218 Å². The van der Waals surface area contributed by atoms with Gasteiger partial charge in [-0.25, -0.2) is 4.99 Å². The van der Waals surface area contributed by atoms with Crippen LogP contribution in [-0.4, -0.2) is 62.9 Å². The molecule has 7 aromatic rings. The summed E-state index contributed by atoms with van der Waals surface area (Å²) in [6, 6.07) is 47.2. The van der Waals surface area contributed by atoms with E-state index in [2.05, 4.69) is 122 Å². The number of aliphatic hydroxyl groups excluding tert-OH is 2. The zero-order valence-corrected chi connectivity index (χ0v) is 53.0. The van der Waals surface area contributed by atoms with Crippen LogP contribution < -0.4 is 16.2 Å². The molecule has 17 rings (SSSR count). The molecule has 15 unspecified atom stereocenters. The molecule has 474 valence electrons. The van der Waals surface area contributed by atoms with E-state index >= 15 is 0 Å². The highest BCUT2D eigenvalue weighted by atomic mass is 32.2. The first-order valence-corrected chi connectivity index (χ1v) is 35.1. The number of aliphatic hydroxyl groups is 3. The molecule has 5 aliphatic carbocycles. The third kappa shape index (κ3) is 11.3. The molecule has 1 saturated heterocycles. The third-order valence-corrected chi connectivity index (χ3v) is 24.2. The number of ether oxygens (including phenoxy) is 2. The minimum absolute atomic E-state index is 0.00326. The summed E-state index contributed by atoms with van der Waals surface area (Å²) >= 11 is 0. The zero-order chi connectivity index (χ0) is 63.2. The van der Waals surface area contributed by atoms with E-state index in [-0.39, 0.29) is 72.8 Å². The van der Waals surface area contributed by atoms with E-state index in [9.17, 15) is 33.4 Å². The number of fused-ring (bicyclic) bond motifs is 10. The fourth-order valence-corrected chi connectivity index (χ4v) is 19.6. The van der Waals surface area contributed by atoms with E-state index in [0.717, 1.165) is 88.6 Å². The number of allylic oxidation sites excluding steroid dienone is 1. The predicted octanol–water partition coefficient (Wildman–Crippen LogP) is 13.6. The van der Waals surface area contributed by atoms with Gasteiger partial charge in [-0.15, -0.1) is 0 Å². The second-order valence-electron chi connectivity index (χ2n) is 28.4. The standard InChI is InChI=1S/C79H83N3O9S/c1-46-15-16-56-39-63-28-32-65(56)69(46)42-71(92(87,88)89)70-41-59-37-58(40-64-35-48(45-83)10-5-13-54-38-62(84)27-31-67(54)76(59)90-64)72(70)51-21-25-60(26-22-51)79(91-63,82-77(80)81)44-61(34-47-8-3-2-4-9-47)78(86)33-7-14-57(43-78)53-24-29-66-55(36-53)20-19-52-18-17-49-11-6-12-50-23-30-68(75(66)85)74(52)73(49)50/h2-4,6,8-9,11-12,17-18,21-32,36,38-39,41,46,48,57-58,61,64,68-72,75-76,83-86H,7,10,14-16,19-20,33-35,37,40,42-45H2,1H3,(H4,80,81,82)(H,87,88,89). The lowest BCUT2D eigenvalue weighted by Gasteiger charge is -2.46. The maximum atomic E-state index is 14.6. The van der Waals surface area contributed by atoms with Gasteiger partial charge in [-0.05, 0) is 221 Å². The van der Waals surface area contributed by atoms with Crippen LogP contribution in [0.1, 0.15) is 186 Å². The van der Waals surface area contributed by atoms with Crippen molar-refractivity contribution < 1.29 is 42.9 Å². The average Bonchev–Trinajstić information content (AvgIpc) is 1.11. The first kappa shape index (κ1) is 60.7. The number of benzene rings is 7. The lowest BCUT2D eigenvalue weighted by atomic mass is 9.64. The van der Waals surface area contributed by atoms with Gasteiger partial charge in [0, 0.05) is 48.0 Å². The van der Waals surface area contributed by atoms with Crippen molar-refractivity contribution in [1.29, 1.82) is 0 Å². The highest BCUT2D eigenvalue weighted by Gasteiger charge is 2.51. The Balaban J connectivity index is 0.837. The van der Waals surface area contributed by atoms with Gasteiger partial charge >= 0.3 is 0 Å². The van der Waals surface area contributed by atoms with Crippen molar-refractivity contribution in [2.24, 2.45) is 46.0 Å². The van der Waals surface area contributed by atoms with Gasteiger partial charge in [0.1, 0.15) is 17.6 Å². The Morgan fingerprint density at radius 2 is 1.62 bits per heavy atom. The Morgan fingerprint density at radius 3 is 2.43 bits per heavy atom. The number of phenolic OH excluding ortho intramolecular Hbond substituents is 1. The Labute approximate surface area is 540 Å². The van der Waals surface area contributed by atoms with Crippen LogP contribution >= 0.6 is 0 Å². The Bertz CT molecular complexity index is 4280. The van der Waals surface area contributed by atoms with Crippen LogP contribution in [0.25, 0.3) is 16.8 Å². The van der Waals surface area contributed by atoms with E-state index in [0.29, 0.717) is 61.8 Å². The lowest BCUT2D eigenvalue weighted by Crippen LogP contribution is -2.48. The molecule has 5 aliphatic heterocycles. The highest BCUT2D eigenvalue weighted by Crippen LogP contribution is 2.57. The molecule has 15 atom stereocenters. The van der Waals surface area contributed by atoms with Crippen LogP contribution in [-0.2, 0) is 46.3 Å². The second-order valence-corrected chi connectivity index (χ2v) is 30.1. The summed E-state index contributed by atoms with van der Waals surface area (Å²) in [6.45, 7) is 2.10. The molecular formula is C79H83N3O9S. The summed E-state index contributed by atoms with van der Waals surface area (Å²) in [7, 11) is -4.72. The minimum Gasteiger partial charge on any atom is -0.508 e. The van der Waals surface area contributed by atoms with Gasteiger partial charge in [0.05, 0.1) is 23.1 Å². The van der Waals surface area contributed by atoms with E-state index in [1.807, 2.05) is 42.5 Å². The number of hydrogen-bond donors (Lipinski definition) is 7. The maximum absolute atomic E-state index is 14.6. The molecule has 13 heteroatoms. The molecule has 92 heavy (non-hydrogen) atoms. The van der Waals surface area contributed by atoms with E-state index in [4.69, 9.17) is 25.9 Å². The zero-order valence-electron chi connectivity index (χ0n) is 52.2. The molecule has 10 aliphatic rings. The van der Waals surface area contributed by atoms with Crippen LogP contribution in [0.2, 0.25) is 0 Å². The van der Waals surface area contributed by atoms with Crippen molar-refractivity contribution in [2.75, 3.05) is 6.61 Å². The van der Waals surface area contributed by atoms with Crippen LogP contribution in [0.5, 0.6) is 11.5 Å². The number of hydrogen-bond acceptors (Lipinski definition) is 9. The van der Waals surface area contributed by atoms with Crippen molar-refractivity contribution >= 4 is 32.9 Å². The third-order valence-electron chi connectivity index (χ3n) is 22.9. The van der Waals surface area contributed by atoms with Crippen LogP contribution in [0.3, 0.4) is 0 Å². The van der Waals surface area contributed by atoms with E-state index in [1.54, 1.807) is 12.1 Å². The molecule has 0 amide bonds. The van der Waals surface area contributed by atoms with Crippen molar-refractivity contribution in [1.82, 2.24) is 0 Å². The Hall–Kier alpha value is -7.54. The molecular weight excluding hydrogens is 1170 g/mol. The molecule has 2 fully saturated rings. The predicted molar refractivity (Wildman–Crippen MR) is 360 cm³/mol. The fraction of sp³-hybridized carbons (Fsp3) is 0.405. The van der Waals surface area contributed by atoms with Gasteiger partial charge in [0.15, 0.2) is 5.96 Å². The first-order valence-electron chi connectivity index (χ1n) is 33.6. The van der Waals surface area contributed by atoms with Crippen molar-refractivity contribution in [3.05, 3.63) is 230 Å². The SMILES string of the molecule is CC1CCc2cc3ccc2C1CC(S(=O)(=O)O)C1C=C2CC(CC4CC(CO)CC#Cc5cc(O)ccc5C2O4)C1c1ccc(cc1)C(CC(Cc1ccccc1)C1(O)CCCC(c2ccc4c(c2)CCc2ccc5cccc6c5c2C(C=C6)C4O)C1)(N=C(N)N)O3. The van der Waals surface area contributed by atoms with Crippen LogP contribution in [0.4, 0.5) is 0 Å². The quantitative estimate of drug-likeness (QED) is 0.0237. The molecule has 5 heterocycles. The minimum atomic E-state index is -4.72. The summed E-state index contributed by atoms with van der Waals surface area (Å²) in [5, 5.41) is 49.1. The summed E-state index contributed by atoms with van der Waals surface area (Å²) in [4.78, 5) is 5.23. The summed E-state index contributed by atoms with van der Waals surface area (Å²) in [6.07, 6.45) is 13.5. The number of nitrogens with zero attached hydrogens (tertiary/aromatic N) is 1. The largest absolute Gasteiger partial charge is 0.508 e. The molecule has 7 aromatic carbocycles. The summed E-state index contributed by atoms with van der Waals surface area (Å²) in [5.74, 6) is 4.74. The second kappa shape index (κ2) is 24.1. The van der Waals surface area contributed by atoms with Gasteiger partial charge < -0.3 is 41.4 Å². The number of aryl methyl sites for hydroxylation is 3. The summed E-state index contributed by atoms with van der Waals surface area (Å²) < 4.78 is 55.8. The molecule has 10 bridgehead atoms. The van der Waals surface area contributed by atoms with Gasteiger partial charge in [0.25, 0.3) is 10.1 Å². The van der Waals surface area contributed by atoms with Crippen molar-refractivity contribution in [3.63, 3.8) is 0 Å². The lowest BCUT2D eigenvalue weighted by molar-refractivity contribution is -0.0834. The molecule has 12 nitrogen and oxygen atoms in total. The van der Waals surface area contributed by atoms with Gasteiger partial charge in [-0.3, -0.25) is 4.55 Å². The average molecular weight is 1250 g/mol. The smallest absolute Gasteiger partial charge is 0.268 e. The van der Waals surface area contributed by atoms with Gasteiger partial charge in [-0.2, -0.15) is 8.42 Å². The number of guanidine groups is 1. The molecule has 9 N–H and O–H groups in total. The van der Waals surface area contributed by atoms with Crippen molar-refractivity contribution in [2.45, 2.75) is 162 Å². The molecule has 0 spiro atoms. The monoisotopic (exact) mass is 1250 g/mol. The maximum Gasteiger partial charge on any atom is 0.268 e. The van der Waals surface area contributed by atoms with Crippen molar-refractivity contribution in [3.8, 4) is 23.3 Å². The highest BCUT2D eigenvalue weighted by molar-refractivity contribution is 7.86. The van der Waals surface area contributed by atoms with Gasteiger partial charge in [-0.1, -0.05) is 152 Å². The summed E-state index contributed by atoms with van der Waals surface area (Å²) in [5.41, 5.74) is 24.4. The molecule has 0 radical (unpaired) electrons. The number of aromatic hydroxyl groups is 1. The number of phenols is 1. The number of rotatable bonds is 9. The Kier molecular flexibility index (Phi) is 15.9. The molecule has 1 saturated carbocycles. The number of nitrogens with two attached hydrogens (primary N) is 2. The van der Waals surface area contributed by atoms with Crippen LogP contribution in [0, 0.1) is 41.4 Å². The van der Waals surface area contributed by atoms with Gasteiger partial charge in [0.2, 0.25) is 5.72 Å². The van der Waals surface area contributed by atoms with Crippen LogP contribution in [0.15, 0.2) is 162 Å². The normalized spacial score (nSPS) is 30.6. The number of aliphatic imine (C=N–C) groups is 1. The fourth-order valence-electron chi connectivity index (χ4n) is 18.5. The Morgan fingerprint density at radius 1 is 0.826 bits per heavy atom. The van der Waals surface area contributed by atoms with E-state index in [1.165, 1.54) is 27.5 Å². The first-order chi connectivity index (χ1) is 44.5. The molecule has 0 aromatic heterocycles. The van der Waals surface area contributed by atoms with E-state index < -0.39 is 56.7 Å².